The summed E-state index contributed by atoms with van der Waals surface area (Å²) < 4.78 is 6.15. The van der Waals surface area contributed by atoms with Crippen LogP contribution in [0.25, 0.3) is 6.08 Å². The molecular formula is C26H22N2O3S2. The minimum Gasteiger partial charge on any atom is -0.484 e. The molecule has 2 amide bonds. The number of nitrogens with zero attached hydrogens (tertiary/aromatic N) is 1. The Morgan fingerprint density at radius 2 is 1.82 bits per heavy atom. The van der Waals surface area contributed by atoms with Gasteiger partial charge in [-0.05, 0) is 60.0 Å². The third-order valence-corrected chi connectivity index (χ3v) is 6.28. The fourth-order valence-corrected chi connectivity index (χ4v) is 4.58. The van der Waals surface area contributed by atoms with E-state index in [0.717, 1.165) is 23.4 Å². The Morgan fingerprint density at radius 3 is 2.55 bits per heavy atom. The molecule has 1 N–H and O–H groups in total. The molecule has 0 unspecified atom stereocenters. The number of carbonyl (C=O) groups is 2. The highest BCUT2D eigenvalue weighted by Crippen LogP contribution is 2.36. The lowest BCUT2D eigenvalue weighted by Gasteiger charge is -2.13. The molecule has 1 heterocycles. The summed E-state index contributed by atoms with van der Waals surface area (Å²) in [6.45, 7) is 1.97. The number of thiocarbonyl (C=S) groups is 1. The number of rotatable bonds is 7. The highest BCUT2D eigenvalue weighted by atomic mass is 32.2. The summed E-state index contributed by atoms with van der Waals surface area (Å²) in [6, 6.07) is 24.3. The summed E-state index contributed by atoms with van der Waals surface area (Å²) in [5.41, 5.74) is 3.48. The molecule has 7 heteroatoms. The van der Waals surface area contributed by atoms with Gasteiger partial charge < -0.3 is 10.1 Å². The fraction of sp³-hybridized carbons (Fsp3) is 0.115. The quantitative estimate of drug-likeness (QED) is 0.353. The Balaban J connectivity index is 1.39. The highest BCUT2D eigenvalue weighted by Gasteiger charge is 2.33. The van der Waals surface area contributed by atoms with Crippen molar-refractivity contribution in [2.24, 2.45) is 0 Å². The molecule has 1 aliphatic heterocycles. The van der Waals surface area contributed by atoms with E-state index in [2.05, 4.69) is 12.2 Å². The van der Waals surface area contributed by atoms with Crippen LogP contribution in [0.2, 0.25) is 0 Å². The second kappa shape index (κ2) is 10.5. The number of thioether (sulfide) groups is 1. The van der Waals surface area contributed by atoms with Gasteiger partial charge in [-0.3, -0.25) is 14.5 Å². The summed E-state index contributed by atoms with van der Waals surface area (Å²) in [6.07, 6.45) is 2.73. The summed E-state index contributed by atoms with van der Waals surface area (Å²) in [5.74, 6) is 0.142. The fourth-order valence-electron chi connectivity index (χ4n) is 3.28. The van der Waals surface area contributed by atoms with Crippen molar-refractivity contribution in [1.82, 2.24) is 0 Å². The van der Waals surface area contributed by atoms with E-state index in [1.54, 1.807) is 18.2 Å². The van der Waals surface area contributed by atoms with Crippen LogP contribution in [0.5, 0.6) is 5.75 Å². The number of hydrogen-bond acceptors (Lipinski definition) is 5. The van der Waals surface area contributed by atoms with Gasteiger partial charge in [0.05, 0.1) is 10.6 Å². The highest BCUT2D eigenvalue weighted by molar-refractivity contribution is 8.27. The number of hydrogen-bond donors (Lipinski definition) is 1. The summed E-state index contributed by atoms with van der Waals surface area (Å²) in [4.78, 5) is 27.2. The van der Waals surface area contributed by atoms with Crippen LogP contribution >= 0.6 is 24.0 Å². The summed E-state index contributed by atoms with van der Waals surface area (Å²) in [7, 11) is 0. The number of para-hydroxylation sites is 1. The molecule has 0 saturated carbocycles. The summed E-state index contributed by atoms with van der Waals surface area (Å²) in [5, 5.41) is 2.82. The van der Waals surface area contributed by atoms with Gasteiger partial charge in [0.2, 0.25) is 0 Å². The second-order valence-corrected chi connectivity index (χ2v) is 8.99. The molecule has 166 valence electrons. The molecule has 1 saturated heterocycles. The molecule has 0 radical (unpaired) electrons. The van der Waals surface area contributed by atoms with E-state index in [1.165, 1.54) is 22.2 Å². The van der Waals surface area contributed by atoms with Crippen molar-refractivity contribution in [2.45, 2.75) is 13.3 Å². The Labute approximate surface area is 202 Å². The van der Waals surface area contributed by atoms with Gasteiger partial charge in [0.25, 0.3) is 11.8 Å². The van der Waals surface area contributed by atoms with E-state index >= 15 is 0 Å². The number of aryl methyl sites for hydroxylation is 1. The Hall–Kier alpha value is -3.42. The first-order valence-electron chi connectivity index (χ1n) is 10.5. The SMILES string of the molecule is CCc1ccc(NC(=O)COc2cccc(/C=C3\SC(=S)N(c4ccccc4)C3=O)c2)cc1. The van der Waals surface area contributed by atoms with E-state index in [-0.39, 0.29) is 18.4 Å². The van der Waals surface area contributed by atoms with Crippen molar-refractivity contribution in [1.29, 1.82) is 0 Å². The van der Waals surface area contributed by atoms with Gasteiger partial charge in [0, 0.05) is 5.69 Å². The van der Waals surface area contributed by atoms with Crippen molar-refractivity contribution in [3.63, 3.8) is 0 Å². The van der Waals surface area contributed by atoms with Gasteiger partial charge in [0.1, 0.15) is 5.75 Å². The maximum absolute atomic E-state index is 12.9. The third-order valence-electron chi connectivity index (χ3n) is 4.98. The van der Waals surface area contributed by atoms with Gasteiger partial charge in [-0.1, -0.05) is 73.4 Å². The van der Waals surface area contributed by atoms with Crippen molar-refractivity contribution in [3.05, 3.63) is 94.9 Å². The van der Waals surface area contributed by atoms with Crippen LogP contribution in [0.4, 0.5) is 11.4 Å². The van der Waals surface area contributed by atoms with Crippen molar-refractivity contribution in [2.75, 3.05) is 16.8 Å². The maximum Gasteiger partial charge on any atom is 0.270 e. The number of benzene rings is 3. The standard InChI is InChI=1S/C26H22N2O3S2/c1-2-18-11-13-20(14-12-18)27-24(29)17-31-22-10-6-7-19(15-22)16-23-25(30)28(26(32)33-23)21-8-4-3-5-9-21/h3-16H,2,17H2,1H3,(H,27,29)/b23-16-. The summed E-state index contributed by atoms with van der Waals surface area (Å²) >= 11 is 6.68. The van der Waals surface area contributed by atoms with Crippen LogP contribution in [-0.4, -0.2) is 22.7 Å². The van der Waals surface area contributed by atoms with Crippen LogP contribution < -0.4 is 15.0 Å². The largest absolute Gasteiger partial charge is 0.484 e. The zero-order valence-electron chi connectivity index (χ0n) is 18.0. The molecule has 1 aliphatic rings. The molecule has 0 atom stereocenters. The molecule has 0 aliphatic carbocycles. The maximum atomic E-state index is 12.9. The van der Waals surface area contributed by atoms with E-state index in [1.807, 2.05) is 66.7 Å². The Kier molecular flexibility index (Phi) is 7.22. The number of nitrogens with one attached hydrogen (secondary N) is 1. The molecule has 4 rings (SSSR count). The lowest BCUT2D eigenvalue weighted by molar-refractivity contribution is -0.118. The number of carbonyl (C=O) groups excluding carboxylic acids is 2. The monoisotopic (exact) mass is 474 g/mol. The molecular weight excluding hydrogens is 452 g/mol. The average molecular weight is 475 g/mol. The minimum absolute atomic E-state index is 0.116. The van der Waals surface area contributed by atoms with Crippen molar-refractivity contribution in [3.8, 4) is 5.75 Å². The lowest BCUT2D eigenvalue weighted by atomic mass is 10.1. The van der Waals surface area contributed by atoms with Gasteiger partial charge in [-0.15, -0.1) is 0 Å². The van der Waals surface area contributed by atoms with Crippen molar-refractivity contribution < 1.29 is 14.3 Å². The molecule has 33 heavy (non-hydrogen) atoms. The average Bonchev–Trinajstić information content (AvgIpc) is 3.11. The number of anilines is 2. The molecule has 1 fully saturated rings. The third kappa shape index (κ3) is 5.69. The first kappa shape index (κ1) is 22.8. The van der Waals surface area contributed by atoms with Gasteiger partial charge in [-0.2, -0.15) is 0 Å². The first-order valence-corrected chi connectivity index (χ1v) is 11.7. The van der Waals surface area contributed by atoms with Crippen LogP contribution in [0, 0.1) is 0 Å². The molecule has 0 aromatic heterocycles. The lowest BCUT2D eigenvalue weighted by Crippen LogP contribution is -2.27. The van der Waals surface area contributed by atoms with Gasteiger partial charge >= 0.3 is 0 Å². The molecule has 0 spiro atoms. The molecule has 3 aromatic carbocycles. The van der Waals surface area contributed by atoms with Crippen LogP contribution in [0.15, 0.2) is 83.8 Å². The van der Waals surface area contributed by atoms with Gasteiger partial charge in [-0.25, -0.2) is 0 Å². The van der Waals surface area contributed by atoms with Crippen molar-refractivity contribution >= 4 is 57.6 Å². The topological polar surface area (TPSA) is 58.6 Å². The Morgan fingerprint density at radius 1 is 1.06 bits per heavy atom. The van der Waals surface area contributed by atoms with E-state index in [9.17, 15) is 9.59 Å². The predicted octanol–water partition coefficient (Wildman–Crippen LogP) is 5.67. The normalized spacial score (nSPS) is 14.6. The van der Waals surface area contributed by atoms with Crippen LogP contribution in [0.1, 0.15) is 18.1 Å². The van der Waals surface area contributed by atoms with E-state index in [0.29, 0.717) is 15.0 Å². The zero-order valence-corrected chi connectivity index (χ0v) is 19.6. The number of ether oxygens (including phenoxy) is 1. The molecule has 0 bridgehead atoms. The van der Waals surface area contributed by atoms with Gasteiger partial charge in [0.15, 0.2) is 10.9 Å². The zero-order chi connectivity index (χ0) is 23.2. The predicted molar refractivity (Wildman–Crippen MR) is 138 cm³/mol. The number of amides is 2. The second-order valence-electron chi connectivity index (χ2n) is 7.31. The minimum atomic E-state index is -0.242. The van der Waals surface area contributed by atoms with Crippen LogP contribution in [-0.2, 0) is 16.0 Å². The van der Waals surface area contributed by atoms with E-state index < -0.39 is 0 Å². The first-order chi connectivity index (χ1) is 16.0. The smallest absolute Gasteiger partial charge is 0.270 e. The van der Waals surface area contributed by atoms with E-state index in [4.69, 9.17) is 17.0 Å². The Bertz CT molecular complexity index is 1210. The van der Waals surface area contributed by atoms with Crippen LogP contribution in [0.3, 0.4) is 0 Å². The molecule has 5 nitrogen and oxygen atoms in total. The molecule has 3 aromatic rings.